The van der Waals surface area contributed by atoms with Crippen molar-refractivity contribution < 1.29 is 9.53 Å². The summed E-state index contributed by atoms with van der Waals surface area (Å²) in [7, 11) is 0. The van der Waals surface area contributed by atoms with Gasteiger partial charge in [0.2, 0.25) is 0 Å². The molecule has 1 heterocycles. The third-order valence-electron chi connectivity index (χ3n) is 2.13. The Morgan fingerprint density at radius 2 is 2.17 bits per heavy atom. The zero-order valence-corrected chi connectivity index (χ0v) is 8.36. The Morgan fingerprint density at radius 1 is 1.50 bits per heavy atom. The number of ketones is 1. The van der Waals surface area contributed by atoms with Gasteiger partial charge in [-0.1, -0.05) is 6.92 Å². The molecular weight excluding hydrogens is 172 g/mol. The molecule has 0 atom stereocenters. The molecule has 1 fully saturated rings. The molecule has 0 aromatic carbocycles. The summed E-state index contributed by atoms with van der Waals surface area (Å²) in [5.74, 6) is 2.44. The van der Waals surface area contributed by atoms with Gasteiger partial charge in [0.25, 0.3) is 0 Å². The largest absolute Gasteiger partial charge is 0.381 e. The second kappa shape index (κ2) is 5.60. The van der Waals surface area contributed by atoms with Crippen LogP contribution in [0.3, 0.4) is 0 Å². The smallest absolute Gasteiger partial charge is 0.145 e. The van der Waals surface area contributed by atoms with Crippen molar-refractivity contribution in [1.82, 2.24) is 0 Å². The zero-order valence-electron chi connectivity index (χ0n) is 7.54. The minimum absolute atomic E-state index is 0.290. The molecule has 3 heteroatoms. The van der Waals surface area contributed by atoms with Crippen molar-refractivity contribution in [2.24, 2.45) is 5.92 Å². The van der Waals surface area contributed by atoms with Gasteiger partial charge in [-0.15, -0.1) is 0 Å². The fourth-order valence-corrected chi connectivity index (χ4v) is 1.98. The Bertz CT molecular complexity index is 141. The number of carbonyl (C=O) groups is 1. The molecule has 0 N–H and O–H groups in total. The molecular formula is C9H16O2S. The van der Waals surface area contributed by atoms with Gasteiger partial charge in [0.15, 0.2) is 0 Å². The van der Waals surface area contributed by atoms with Crippen LogP contribution in [0.25, 0.3) is 0 Å². The van der Waals surface area contributed by atoms with Crippen LogP contribution in [0.5, 0.6) is 0 Å². The number of carbonyl (C=O) groups excluding carboxylic acids is 1. The Kier molecular flexibility index (Phi) is 4.69. The maximum Gasteiger partial charge on any atom is 0.145 e. The number of Topliss-reactive ketones (excluding diaryl/α,β-unsaturated/α-hetero) is 1. The lowest BCUT2D eigenvalue weighted by atomic mass is 9.96. The SMILES string of the molecule is CCSCC(=O)C1CCOCC1. The molecule has 70 valence electrons. The number of hydrogen-bond acceptors (Lipinski definition) is 3. The molecule has 0 bridgehead atoms. The van der Waals surface area contributed by atoms with Gasteiger partial charge in [-0.2, -0.15) is 11.8 Å². The first-order valence-electron chi connectivity index (χ1n) is 4.52. The van der Waals surface area contributed by atoms with Crippen molar-refractivity contribution in [3.63, 3.8) is 0 Å². The Labute approximate surface area is 78.1 Å². The number of hydrogen-bond donors (Lipinski definition) is 0. The molecule has 1 aliphatic heterocycles. The summed E-state index contributed by atoms with van der Waals surface area (Å²) in [6.07, 6.45) is 1.87. The van der Waals surface area contributed by atoms with Gasteiger partial charge in [-0.05, 0) is 18.6 Å². The van der Waals surface area contributed by atoms with Crippen LogP contribution in [0.4, 0.5) is 0 Å². The van der Waals surface area contributed by atoms with E-state index in [9.17, 15) is 4.79 Å². The van der Waals surface area contributed by atoms with E-state index in [0.29, 0.717) is 11.5 Å². The molecule has 0 amide bonds. The summed E-state index contributed by atoms with van der Waals surface area (Å²) in [5, 5.41) is 0. The van der Waals surface area contributed by atoms with Gasteiger partial charge < -0.3 is 4.74 Å². The van der Waals surface area contributed by atoms with Crippen LogP contribution in [-0.4, -0.2) is 30.5 Å². The average Bonchev–Trinajstić information content (AvgIpc) is 2.15. The molecule has 0 saturated carbocycles. The summed E-state index contributed by atoms with van der Waals surface area (Å²) >= 11 is 1.72. The Morgan fingerprint density at radius 3 is 2.75 bits per heavy atom. The van der Waals surface area contributed by atoms with Gasteiger partial charge >= 0.3 is 0 Å². The van der Waals surface area contributed by atoms with Crippen LogP contribution in [0.1, 0.15) is 19.8 Å². The maximum absolute atomic E-state index is 11.5. The highest BCUT2D eigenvalue weighted by Crippen LogP contribution is 2.17. The molecule has 1 rings (SSSR count). The molecule has 1 aliphatic rings. The van der Waals surface area contributed by atoms with Crippen LogP contribution in [-0.2, 0) is 9.53 Å². The van der Waals surface area contributed by atoms with Crippen molar-refractivity contribution in [3.05, 3.63) is 0 Å². The van der Waals surface area contributed by atoms with E-state index < -0.39 is 0 Å². The fourth-order valence-electron chi connectivity index (χ4n) is 1.34. The summed E-state index contributed by atoms with van der Waals surface area (Å²) in [4.78, 5) is 11.5. The number of thioether (sulfide) groups is 1. The third-order valence-corrected chi connectivity index (χ3v) is 3.02. The zero-order chi connectivity index (χ0) is 8.81. The van der Waals surface area contributed by atoms with Crippen LogP contribution < -0.4 is 0 Å². The third kappa shape index (κ3) is 3.15. The second-order valence-corrected chi connectivity index (χ2v) is 4.26. The van der Waals surface area contributed by atoms with Crippen molar-refractivity contribution in [2.75, 3.05) is 24.7 Å². The van der Waals surface area contributed by atoms with E-state index in [4.69, 9.17) is 4.74 Å². The normalized spacial score (nSPS) is 19.4. The van der Waals surface area contributed by atoms with Gasteiger partial charge in [0, 0.05) is 19.1 Å². The second-order valence-electron chi connectivity index (χ2n) is 2.99. The lowest BCUT2D eigenvalue weighted by Crippen LogP contribution is -2.24. The van der Waals surface area contributed by atoms with Crippen molar-refractivity contribution >= 4 is 17.5 Å². The lowest BCUT2D eigenvalue weighted by molar-refractivity contribution is -0.123. The van der Waals surface area contributed by atoms with E-state index in [-0.39, 0.29) is 5.92 Å². The van der Waals surface area contributed by atoms with Crippen LogP contribution >= 0.6 is 11.8 Å². The molecule has 0 aromatic heterocycles. The average molecular weight is 188 g/mol. The quantitative estimate of drug-likeness (QED) is 0.672. The lowest BCUT2D eigenvalue weighted by Gasteiger charge is -2.20. The van der Waals surface area contributed by atoms with Crippen LogP contribution in [0, 0.1) is 5.92 Å². The number of ether oxygens (including phenoxy) is 1. The van der Waals surface area contributed by atoms with Crippen molar-refractivity contribution in [3.8, 4) is 0 Å². The number of rotatable bonds is 4. The molecule has 0 aromatic rings. The Balaban J connectivity index is 2.20. The van der Waals surface area contributed by atoms with E-state index >= 15 is 0 Å². The monoisotopic (exact) mass is 188 g/mol. The highest BCUT2D eigenvalue weighted by atomic mass is 32.2. The highest BCUT2D eigenvalue weighted by molar-refractivity contribution is 7.99. The van der Waals surface area contributed by atoms with Crippen LogP contribution in [0.15, 0.2) is 0 Å². The topological polar surface area (TPSA) is 26.3 Å². The molecule has 0 aliphatic carbocycles. The van der Waals surface area contributed by atoms with Crippen molar-refractivity contribution in [2.45, 2.75) is 19.8 Å². The van der Waals surface area contributed by atoms with E-state index in [1.54, 1.807) is 11.8 Å². The predicted molar refractivity (Wildman–Crippen MR) is 51.5 cm³/mol. The summed E-state index contributed by atoms with van der Waals surface area (Å²) in [6, 6.07) is 0. The first-order valence-corrected chi connectivity index (χ1v) is 5.68. The minimum Gasteiger partial charge on any atom is -0.381 e. The molecule has 2 nitrogen and oxygen atoms in total. The standard InChI is InChI=1S/C9H16O2S/c1-2-12-7-9(10)8-3-5-11-6-4-8/h8H,2-7H2,1H3. The first-order chi connectivity index (χ1) is 5.84. The van der Waals surface area contributed by atoms with Crippen LogP contribution in [0.2, 0.25) is 0 Å². The van der Waals surface area contributed by atoms with Crippen molar-refractivity contribution in [1.29, 1.82) is 0 Å². The van der Waals surface area contributed by atoms with E-state index in [1.807, 2.05) is 0 Å². The molecule has 0 spiro atoms. The molecule has 0 unspecified atom stereocenters. The summed E-state index contributed by atoms with van der Waals surface area (Å²) < 4.78 is 5.20. The molecule has 12 heavy (non-hydrogen) atoms. The first kappa shape index (κ1) is 10.1. The molecule has 1 saturated heterocycles. The molecule has 0 radical (unpaired) electrons. The van der Waals surface area contributed by atoms with Gasteiger partial charge in [-0.25, -0.2) is 0 Å². The van der Waals surface area contributed by atoms with E-state index in [2.05, 4.69) is 6.92 Å². The summed E-state index contributed by atoms with van der Waals surface area (Å²) in [5.41, 5.74) is 0. The minimum atomic E-state index is 0.290. The fraction of sp³-hybridized carbons (Fsp3) is 0.889. The van der Waals surface area contributed by atoms with Gasteiger partial charge in [0.1, 0.15) is 5.78 Å². The maximum atomic E-state index is 11.5. The predicted octanol–water partition coefficient (Wildman–Crippen LogP) is 1.74. The van der Waals surface area contributed by atoms with E-state index in [0.717, 1.165) is 31.8 Å². The summed E-state index contributed by atoms with van der Waals surface area (Å²) in [6.45, 7) is 3.63. The van der Waals surface area contributed by atoms with Gasteiger partial charge in [0.05, 0.1) is 5.75 Å². The van der Waals surface area contributed by atoms with E-state index in [1.165, 1.54) is 0 Å². The van der Waals surface area contributed by atoms with Gasteiger partial charge in [-0.3, -0.25) is 4.79 Å². The Hall–Kier alpha value is -0.0200. The highest BCUT2D eigenvalue weighted by Gasteiger charge is 2.20.